The van der Waals surface area contributed by atoms with Gasteiger partial charge in [0.2, 0.25) is 10.0 Å². The molecule has 0 bridgehead atoms. The molecule has 1 saturated carbocycles. The number of hydrogen-bond donors (Lipinski definition) is 1. The first kappa shape index (κ1) is 12.6. The van der Waals surface area contributed by atoms with Crippen LogP contribution < -0.4 is 4.72 Å². The van der Waals surface area contributed by atoms with Gasteiger partial charge in [-0.25, -0.2) is 13.1 Å². The van der Waals surface area contributed by atoms with Crippen LogP contribution in [0.5, 0.6) is 0 Å². The third-order valence-corrected chi connectivity index (χ3v) is 4.72. The van der Waals surface area contributed by atoms with Crippen molar-refractivity contribution in [1.29, 1.82) is 0 Å². The lowest BCUT2D eigenvalue weighted by Crippen LogP contribution is -2.33. The van der Waals surface area contributed by atoms with Crippen molar-refractivity contribution in [3.8, 4) is 0 Å². The second-order valence-corrected chi connectivity index (χ2v) is 6.64. The number of nitrogens with one attached hydrogen (secondary N) is 1. The highest BCUT2D eigenvalue weighted by molar-refractivity contribution is 7.88. The Labute approximate surface area is 103 Å². The topological polar surface area (TPSA) is 46.2 Å². The summed E-state index contributed by atoms with van der Waals surface area (Å²) in [4.78, 5) is 0. The molecule has 0 aromatic heterocycles. The summed E-state index contributed by atoms with van der Waals surface area (Å²) in [6.45, 7) is 2.55. The van der Waals surface area contributed by atoms with E-state index in [0.29, 0.717) is 12.5 Å². The van der Waals surface area contributed by atoms with Crippen LogP contribution in [0, 0.1) is 12.8 Å². The molecule has 2 rings (SSSR count). The smallest absolute Gasteiger partial charge is 0.215 e. The van der Waals surface area contributed by atoms with E-state index in [4.69, 9.17) is 0 Å². The van der Waals surface area contributed by atoms with Crippen molar-refractivity contribution in [2.75, 3.05) is 6.54 Å². The summed E-state index contributed by atoms with van der Waals surface area (Å²) in [5.74, 6) is 0.647. The van der Waals surface area contributed by atoms with Gasteiger partial charge < -0.3 is 0 Å². The van der Waals surface area contributed by atoms with E-state index in [-0.39, 0.29) is 5.75 Å². The summed E-state index contributed by atoms with van der Waals surface area (Å²) in [7, 11) is -3.18. The lowest BCUT2D eigenvalue weighted by molar-refractivity contribution is 0.316. The van der Waals surface area contributed by atoms with Crippen LogP contribution in [-0.2, 0) is 15.8 Å². The van der Waals surface area contributed by atoms with Gasteiger partial charge in [-0.2, -0.15) is 0 Å². The molecule has 0 unspecified atom stereocenters. The van der Waals surface area contributed by atoms with Crippen LogP contribution in [0.25, 0.3) is 0 Å². The van der Waals surface area contributed by atoms with Gasteiger partial charge in [-0.1, -0.05) is 30.7 Å². The van der Waals surface area contributed by atoms with Crippen LogP contribution in [0.4, 0.5) is 0 Å². The Hall–Kier alpha value is -0.870. The number of rotatable bonds is 5. The molecule has 1 N–H and O–H groups in total. The highest BCUT2D eigenvalue weighted by Crippen LogP contribution is 2.25. The Morgan fingerprint density at radius 1 is 1.29 bits per heavy atom. The predicted octanol–water partition coefficient (Wildman–Crippen LogP) is 2.21. The van der Waals surface area contributed by atoms with Gasteiger partial charge in [0.15, 0.2) is 0 Å². The highest BCUT2D eigenvalue weighted by Gasteiger charge is 2.20. The first-order valence-corrected chi connectivity index (χ1v) is 7.74. The van der Waals surface area contributed by atoms with Crippen LogP contribution >= 0.6 is 0 Å². The molecule has 1 fully saturated rings. The van der Waals surface area contributed by atoms with Crippen molar-refractivity contribution in [3.05, 3.63) is 35.4 Å². The van der Waals surface area contributed by atoms with Gasteiger partial charge in [0.25, 0.3) is 0 Å². The van der Waals surface area contributed by atoms with E-state index in [0.717, 1.165) is 24.0 Å². The van der Waals surface area contributed by atoms with Crippen molar-refractivity contribution >= 4 is 10.0 Å². The molecular formula is C13H19NO2S. The van der Waals surface area contributed by atoms with Crippen molar-refractivity contribution in [1.82, 2.24) is 4.72 Å². The molecule has 0 aliphatic heterocycles. The molecule has 1 aromatic rings. The van der Waals surface area contributed by atoms with Crippen molar-refractivity contribution in [2.45, 2.75) is 31.9 Å². The maximum atomic E-state index is 11.9. The molecule has 94 valence electrons. The molecule has 0 spiro atoms. The Bertz CT molecular complexity index is 478. The zero-order valence-electron chi connectivity index (χ0n) is 10.1. The number of aryl methyl sites for hydroxylation is 1. The van der Waals surface area contributed by atoms with Gasteiger partial charge in [0.05, 0.1) is 5.75 Å². The molecule has 1 aromatic carbocycles. The SMILES string of the molecule is Cc1ccccc1CS(=O)(=O)NCC1CCC1. The van der Waals surface area contributed by atoms with E-state index in [1.165, 1.54) is 6.42 Å². The summed E-state index contributed by atoms with van der Waals surface area (Å²) >= 11 is 0. The zero-order chi connectivity index (χ0) is 12.3. The van der Waals surface area contributed by atoms with E-state index in [9.17, 15) is 8.42 Å². The normalized spacial score (nSPS) is 16.8. The first-order valence-electron chi connectivity index (χ1n) is 6.09. The van der Waals surface area contributed by atoms with Crippen LogP contribution in [0.3, 0.4) is 0 Å². The van der Waals surface area contributed by atoms with E-state index < -0.39 is 10.0 Å². The third-order valence-electron chi connectivity index (χ3n) is 3.42. The summed E-state index contributed by atoms with van der Waals surface area (Å²) in [5.41, 5.74) is 1.91. The number of hydrogen-bond acceptors (Lipinski definition) is 2. The quantitative estimate of drug-likeness (QED) is 0.874. The fourth-order valence-electron chi connectivity index (χ4n) is 1.97. The maximum absolute atomic E-state index is 11.9. The summed E-state index contributed by atoms with van der Waals surface area (Å²) in [5, 5.41) is 0. The highest BCUT2D eigenvalue weighted by atomic mass is 32.2. The molecule has 0 heterocycles. The summed E-state index contributed by atoms with van der Waals surface area (Å²) < 4.78 is 26.5. The predicted molar refractivity (Wildman–Crippen MR) is 69.1 cm³/mol. The average molecular weight is 253 g/mol. The van der Waals surface area contributed by atoms with Gasteiger partial charge in [-0.15, -0.1) is 0 Å². The number of benzene rings is 1. The average Bonchev–Trinajstić information content (AvgIpc) is 2.18. The summed E-state index contributed by atoms with van der Waals surface area (Å²) in [6, 6.07) is 7.62. The molecule has 1 aliphatic rings. The summed E-state index contributed by atoms with van der Waals surface area (Å²) in [6.07, 6.45) is 3.56. The van der Waals surface area contributed by atoms with Crippen LogP contribution in [0.1, 0.15) is 30.4 Å². The number of sulfonamides is 1. The first-order chi connectivity index (χ1) is 8.07. The Balaban J connectivity index is 1.94. The second-order valence-electron chi connectivity index (χ2n) is 4.83. The molecule has 17 heavy (non-hydrogen) atoms. The van der Waals surface area contributed by atoms with Crippen molar-refractivity contribution in [3.63, 3.8) is 0 Å². The lowest BCUT2D eigenvalue weighted by atomic mass is 9.86. The van der Waals surface area contributed by atoms with Gasteiger partial charge >= 0.3 is 0 Å². The van der Waals surface area contributed by atoms with Crippen molar-refractivity contribution in [2.24, 2.45) is 5.92 Å². The minimum absolute atomic E-state index is 0.0897. The zero-order valence-corrected chi connectivity index (χ0v) is 11.0. The Kier molecular flexibility index (Phi) is 3.84. The standard InChI is InChI=1S/C13H19NO2S/c1-11-5-2-3-8-13(11)10-17(15,16)14-9-12-6-4-7-12/h2-3,5,8,12,14H,4,6-7,9-10H2,1H3. The fraction of sp³-hybridized carbons (Fsp3) is 0.538. The minimum atomic E-state index is -3.18. The van der Waals surface area contributed by atoms with E-state index in [1.54, 1.807) is 0 Å². The maximum Gasteiger partial charge on any atom is 0.215 e. The molecule has 3 nitrogen and oxygen atoms in total. The van der Waals surface area contributed by atoms with E-state index in [2.05, 4.69) is 4.72 Å². The van der Waals surface area contributed by atoms with Gasteiger partial charge in [0, 0.05) is 6.54 Å². The molecule has 0 amide bonds. The Morgan fingerprint density at radius 3 is 2.59 bits per heavy atom. The monoisotopic (exact) mass is 253 g/mol. The van der Waals surface area contributed by atoms with E-state index in [1.807, 2.05) is 31.2 Å². The largest absolute Gasteiger partial charge is 0.215 e. The van der Waals surface area contributed by atoms with E-state index >= 15 is 0 Å². The fourth-order valence-corrected chi connectivity index (χ4v) is 3.29. The lowest BCUT2D eigenvalue weighted by Gasteiger charge is -2.25. The van der Waals surface area contributed by atoms with Gasteiger partial charge in [0.1, 0.15) is 0 Å². The molecule has 0 saturated heterocycles. The molecule has 1 aliphatic carbocycles. The van der Waals surface area contributed by atoms with Crippen LogP contribution in [0.15, 0.2) is 24.3 Å². The Morgan fingerprint density at radius 2 is 2.00 bits per heavy atom. The van der Waals surface area contributed by atoms with Crippen LogP contribution in [-0.4, -0.2) is 15.0 Å². The molecule has 0 radical (unpaired) electrons. The molecule has 4 heteroatoms. The molecular weight excluding hydrogens is 234 g/mol. The third kappa shape index (κ3) is 3.54. The van der Waals surface area contributed by atoms with Crippen molar-refractivity contribution < 1.29 is 8.42 Å². The molecule has 0 atom stereocenters. The minimum Gasteiger partial charge on any atom is -0.215 e. The second kappa shape index (κ2) is 5.19. The van der Waals surface area contributed by atoms with Crippen LogP contribution in [0.2, 0.25) is 0 Å². The van der Waals surface area contributed by atoms with Gasteiger partial charge in [-0.3, -0.25) is 0 Å². The van der Waals surface area contributed by atoms with Gasteiger partial charge in [-0.05, 0) is 36.8 Å².